The number of carbonyl (C=O) groups is 1. The van der Waals surface area contributed by atoms with Crippen molar-refractivity contribution in [1.82, 2.24) is 4.98 Å². The summed E-state index contributed by atoms with van der Waals surface area (Å²) in [6, 6.07) is 9.68. The van der Waals surface area contributed by atoms with Gasteiger partial charge in [0.2, 0.25) is 0 Å². The van der Waals surface area contributed by atoms with Crippen LogP contribution in [0.4, 0.5) is 0 Å². The number of aryl methyl sites for hydroxylation is 1. The van der Waals surface area contributed by atoms with E-state index in [4.69, 9.17) is 10.5 Å². The zero-order valence-electron chi connectivity index (χ0n) is 15.2. The summed E-state index contributed by atoms with van der Waals surface area (Å²) in [4.78, 5) is 15.3. The summed E-state index contributed by atoms with van der Waals surface area (Å²) in [6.07, 6.45) is 8.14. The Morgan fingerprint density at radius 1 is 1.15 bits per heavy atom. The van der Waals surface area contributed by atoms with Crippen LogP contribution in [0.1, 0.15) is 58.3 Å². The van der Waals surface area contributed by atoms with Crippen molar-refractivity contribution in [2.24, 2.45) is 5.73 Å². The van der Waals surface area contributed by atoms with E-state index in [0.29, 0.717) is 11.4 Å². The first-order chi connectivity index (χ1) is 13.1. The number of aromatic nitrogens is 1. The van der Waals surface area contributed by atoms with Gasteiger partial charge >= 0.3 is 166 Å². The molecule has 27 heavy (non-hydrogen) atoms. The molecule has 3 N–H and O–H groups in total. The first-order valence-corrected chi connectivity index (χ1v) is 12.0. The van der Waals surface area contributed by atoms with Crippen LogP contribution in [0.15, 0.2) is 36.5 Å². The van der Waals surface area contributed by atoms with Crippen molar-refractivity contribution >= 4 is 21.7 Å². The topological polar surface area (TPSA) is 85.4 Å². The molecule has 1 heterocycles. The zero-order chi connectivity index (χ0) is 18.8. The van der Waals surface area contributed by atoms with Crippen molar-refractivity contribution in [2.75, 3.05) is 0 Å². The molecule has 1 saturated carbocycles. The first kappa shape index (κ1) is 18.5. The molecule has 5 nitrogen and oxygen atoms in total. The quantitative estimate of drug-likeness (QED) is 0.717. The fourth-order valence-corrected chi connectivity index (χ4v) is 8.28. The number of fused-ring (bicyclic) bond motifs is 1. The fourth-order valence-electron chi connectivity index (χ4n) is 4.06. The van der Waals surface area contributed by atoms with E-state index in [1.54, 1.807) is 12.1 Å². The molecule has 1 aromatic heterocycles. The average molecular weight is 428 g/mol. The third kappa shape index (κ3) is 4.36. The summed E-state index contributed by atoms with van der Waals surface area (Å²) in [5.41, 5.74) is 8.51. The van der Waals surface area contributed by atoms with Crippen molar-refractivity contribution in [3.63, 3.8) is 0 Å². The number of pyridine rings is 1. The second-order valence-electron chi connectivity index (χ2n) is 7.48. The van der Waals surface area contributed by atoms with Crippen molar-refractivity contribution in [1.29, 1.82) is 0 Å². The number of hydrogen-bond acceptors (Lipinski definition) is 4. The van der Waals surface area contributed by atoms with E-state index in [1.165, 1.54) is 36.6 Å². The third-order valence-corrected chi connectivity index (χ3v) is 9.87. The predicted molar refractivity (Wildman–Crippen MR) is 106 cm³/mol. The Balaban J connectivity index is 1.41. The fraction of sp³-hybridized carbons (Fsp3) is 0.429. The van der Waals surface area contributed by atoms with Gasteiger partial charge in [0.25, 0.3) is 0 Å². The summed E-state index contributed by atoms with van der Waals surface area (Å²) in [5, 5.41) is 9.71. The molecule has 1 fully saturated rings. The maximum atomic E-state index is 11.1. The van der Waals surface area contributed by atoms with E-state index >= 15 is 0 Å². The molecule has 2 unspecified atom stereocenters. The second-order valence-corrected chi connectivity index (χ2v) is 11.4. The molecule has 2 atom stereocenters. The van der Waals surface area contributed by atoms with Crippen LogP contribution in [0.3, 0.4) is 0 Å². The number of ether oxygens (including phenoxy) is 1. The molecule has 2 aromatic rings. The Labute approximate surface area is 166 Å². The molecule has 0 saturated heterocycles. The number of nitrogens with two attached hydrogens (primary N) is 1. The molecular formula is C21H25AsN2O3. The van der Waals surface area contributed by atoms with Crippen molar-refractivity contribution < 1.29 is 14.6 Å². The summed E-state index contributed by atoms with van der Waals surface area (Å²) in [5.74, 6) is 0.757. The summed E-state index contributed by atoms with van der Waals surface area (Å²) in [7, 11) is 0. The number of rotatable bonds is 5. The number of hydrogen-bond donors (Lipinski definition) is 2. The van der Waals surface area contributed by atoms with Crippen LogP contribution in [0, 0.1) is 0 Å². The molecule has 2 aliphatic rings. The molecule has 4 rings (SSSR count). The molecule has 0 aliphatic heterocycles. The Morgan fingerprint density at radius 2 is 1.96 bits per heavy atom. The molecule has 1 amide bonds. The average Bonchev–Trinajstić information content (AvgIpc) is 3.06. The van der Waals surface area contributed by atoms with Crippen molar-refractivity contribution in [3.8, 4) is 11.6 Å². The van der Waals surface area contributed by atoms with Crippen LogP contribution in [0.25, 0.3) is 0 Å². The van der Waals surface area contributed by atoms with E-state index in [0.717, 1.165) is 34.4 Å². The van der Waals surface area contributed by atoms with Gasteiger partial charge in [-0.2, -0.15) is 0 Å². The number of amides is 1. The van der Waals surface area contributed by atoms with E-state index in [2.05, 4.69) is 17.1 Å². The Hall–Kier alpha value is -1.84. The number of aliphatic hydroxyl groups is 1. The standard InChI is InChI=1S/C21H25AsN2O3/c23-21(26)14-2-10-20(24-12-14)27-17-7-8-18-13(11-17)1-9-19(18)22-15-3-5-16(25)6-4-15/h2,7-8,10-12,15-16,19,22,25H,1,3-6,9H2,(H2,23,26). The predicted octanol–water partition coefficient (Wildman–Crippen LogP) is 3.12. The normalized spacial score (nSPS) is 24.9. The zero-order valence-corrected chi connectivity index (χ0v) is 17.3. The summed E-state index contributed by atoms with van der Waals surface area (Å²) >= 11 is -0.0379. The Kier molecular flexibility index (Phi) is 5.51. The van der Waals surface area contributed by atoms with Crippen LogP contribution < -0.4 is 10.5 Å². The summed E-state index contributed by atoms with van der Waals surface area (Å²) in [6.45, 7) is 0. The van der Waals surface area contributed by atoms with Crippen LogP contribution in [0.5, 0.6) is 11.6 Å². The number of carbonyl (C=O) groups excluding carboxylic acids is 1. The van der Waals surface area contributed by atoms with Crippen LogP contribution >= 0.6 is 0 Å². The van der Waals surface area contributed by atoms with Gasteiger partial charge in [-0.15, -0.1) is 0 Å². The van der Waals surface area contributed by atoms with E-state index in [1.807, 2.05) is 6.07 Å². The molecule has 6 heteroatoms. The number of nitrogens with zero attached hydrogens (tertiary/aromatic N) is 1. The van der Waals surface area contributed by atoms with E-state index in [-0.39, 0.29) is 21.9 Å². The summed E-state index contributed by atoms with van der Waals surface area (Å²) < 4.78 is 7.48. The first-order valence-electron chi connectivity index (χ1n) is 9.59. The molecule has 0 radical (unpaired) electrons. The maximum absolute atomic E-state index is 11.1. The minimum absolute atomic E-state index is 0.0379. The molecule has 1 aromatic carbocycles. The number of benzene rings is 1. The van der Waals surface area contributed by atoms with Gasteiger partial charge in [0, 0.05) is 0 Å². The van der Waals surface area contributed by atoms with Crippen LogP contribution in [0.2, 0.25) is 4.71 Å². The Morgan fingerprint density at radius 3 is 2.67 bits per heavy atom. The van der Waals surface area contributed by atoms with Gasteiger partial charge in [0.05, 0.1) is 0 Å². The van der Waals surface area contributed by atoms with Gasteiger partial charge in [0.1, 0.15) is 0 Å². The van der Waals surface area contributed by atoms with Gasteiger partial charge < -0.3 is 0 Å². The van der Waals surface area contributed by atoms with E-state index in [9.17, 15) is 9.90 Å². The monoisotopic (exact) mass is 428 g/mol. The van der Waals surface area contributed by atoms with Gasteiger partial charge in [-0.3, -0.25) is 0 Å². The molecule has 142 valence electrons. The molecule has 0 spiro atoms. The molecular weight excluding hydrogens is 403 g/mol. The van der Waals surface area contributed by atoms with Crippen LogP contribution in [-0.2, 0) is 6.42 Å². The SMILES string of the molecule is NC(=O)c1ccc(Oc2ccc3c(c2)CCC3[AsH]C2CCC(O)CC2)nc1. The van der Waals surface area contributed by atoms with Crippen molar-refractivity contribution in [2.45, 2.75) is 54.0 Å². The van der Waals surface area contributed by atoms with Gasteiger partial charge in [-0.05, 0) is 0 Å². The minimum atomic E-state index is -0.492. The third-order valence-electron chi connectivity index (χ3n) is 5.57. The molecule has 0 bridgehead atoms. The van der Waals surface area contributed by atoms with Gasteiger partial charge in [-0.1, -0.05) is 0 Å². The second kappa shape index (κ2) is 8.03. The van der Waals surface area contributed by atoms with E-state index < -0.39 is 5.91 Å². The number of primary amides is 1. The molecule has 2 aliphatic carbocycles. The van der Waals surface area contributed by atoms with Crippen molar-refractivity contribution in [3.05, 3.63) is 53.2 Å². The van der Waals surface area contributed by atoms with Gasteiger partial charge in [0.15, 0.2) is 0 Å². The van der Waals surface area contributed by atoms with Crippen LogP contribution in [-0.4, -0.2) is 37.9 Å². The Bertz CT molecular complexity index is 817. The van der Waals surface area contributed by atoms with Gasteiger partial charge in [-0.25, -0.2) is 0 Å². The number of aliphatic hydroxyl groups excluding tert-OH is 1.